The molecule has 1 aromatic carbocycles. The third-order valence-corrected chi connectivity index (χ3v) is 3.70. The maximum atomic E-state index is 5.91. The van der Waals surface area contributed by atoms with Gasteiger partial charge in [0.25, 0.3) is 0 Å². The van der Waals surface area contributed by atoms with Crippen LogP contribution in [0.3, 0.4) is 0 Å². The molecule has 3 nitrogen and oxygen atoms in total. The number of nitrogens with zero attached hydrogens (tertiary/aromatic N) is 2. The molecule has 0 fully saturated rings. The summed E-state index contributed by atoms with van der Waals surface area (Å²) in [6.07, 6.45) is 5.58. The molecule has 2 rings (SSSR count). The summed E-state index contributed by atoms with van der Waals surface area (Å²) in [5.74, 6) is 0.988. The predicted octanol–water partition coefficient (Wildman–Crippen LogP) is 3.02. The first-order valence-electron chi connectivity index (χ1n) is 4.89. The summed E-state index contributed by atoms with van der Waals surface area (Å²) in [6.45, 7) is 0.945. The van der Waals surface area contributed by atoms with Crippen LogP contribution in [0.4, 0.5) is 5.69 Å². The second-order valence-electron chi connectivity index (χ2n) is 3.33. The Balaban J connectivity index is 1.90. The first kappa shape index (κ1) is 11.5. The first-order chi connectivity index (χ1) is 7.75. The molecule has 16 heavy (non-hydrogen) atoms. The van der Waals surface area contributed by atoms with E-state index in [9.17, 15) is 0 Å². The smallest absolute Gasteiger partial charge is 0.0946 e. The lowest BCUT2D eigenvalue weighted by Gasteiger charge is -2.06. The van der Waals surface area contributed by atoms with Gasteiger partial charge in [0.1, 0.15) is 0 Å². The average molecular weight is 298 g/mol. The average Bonchev–Trinajstić information content (AvgIpc) is 2.74. The SMILES string of the molecule is Nc1cc(Br)ccc1SCCn1ccnc1. The highest BCUT2D eigenvalue weighted by atomic mass is 79.9. The molecule has 1 aromatic heterocycles. The fraction of sp³-hybridized carbons (Fsp3) is 0.182. The third kappa shape index (κ3) is 3.02. The minimum Gasteiger partial charge on any atom is -0.398 e. The molecule has 1 heterocycles. The van der Waals surface area contributed by atoms with Gasteiger partial charge in [0.05, 0.1) is 6.33 Å². The number of rotatable bonds is 4. The molecule has 0 radical (unpaired) electrons. The van der Waals surface area contributed by atoms with Crippen molar-refractivity contribution < 1.29 is 0 Å². The summed E-state index contributed by atoms with van der Waals surface area (Å²) in [6, 6.07) is 5.98. The van der Waals surface area contributed by atoms with Crippen LogP contribution in [0.5, 0.6) is 0 Å². The monoisotopic (exact) mass is 297 g/mol. The van der Waals surface area contributed by atoms with Crippen LogP contribution in [-0.2, 0) is 6.54 Å². The molecule has 0 spiro atoms. The fourth-order valence-electron chi connectivity index (χ4n) is 1.33. The number of aryl methyl sites for hydroxylation is 1. The summed E-state index contributed by atoms with van der Waals surface area (Å²) in [7, 11) is 0. The molecule has 0 saturated carbocycles. The van der Waals surface area contributed by atoms with Crippen LogP contribution < -0.4 is 5.73 Å². The molecule has 0 unspecified atom stereocenters. The van der Waals surface area contributed by atoms with Gasteiger partial charge < -0.3 is 10.3 Å². The van der Waals surface area contributed by atoms with Crippen LogP contribution in [-0.4, -0.2) is 15.3 Å². The van der Waals surface area contributed by atoms with Gasteiger partial charge in [0, 0.05) is 39.7 Å². The highest BCUT2D eigenvalue weighted by molar-refractivity contribution is 9.10. The zero-order valence-electron chi connectivity index (χ0n) is 8.64. The largest absolute Gasteiger partial charge is 0.398 e. The Hall–Kier alpha value is -0.940. The van der Waals surface area contributed by atoms with Crippen molar-refractivity contribution in [2.75, 3.05) is 11.5 Å². The molecule has 0 saturated heterocycles. The second-order valence-corrected chi connectivity index (χ2v) is 5.38. The van der Waals surface area contributed by atoms with E-state index in [1.807, 2.05) is 30.7 Å². The topological polar surface area (TPSA) is 43.8 Å². The van der Waals surface area contributed by atoms with Crippen molar-refractivity contribution in [3.05, 3.63) is 41.4 Å². The van der Waals surface area contributed by atoms with Crippen molar-refractivity contribution in [1.29, 1.82) is 0 Å². The lowest BCUT2D eigenvalue weighted by molar-refractivity contribution is 0.770. The number of nitrogens with two attached hydrogens (primary N) is 1. The summed E-state index contributed by atoms with van der Waals surface area (Å²) in [4.78, 5) is 5.13. The van der Waals surface area contributed by atoms with E-state index in [1.165, 1.54) is 0 Å². The van der Waals surface area contributed by atoms with Gasteiger partial charge in [0.2, 0.25) is 0 Å². The van der Waals surface area contributed by atoms with E-state index >= 15 is 0 Å². The Morgan fingerprint density at radius 1 is 1.44 bits per heavy atom. The van der Waals surface area contributed by atoms with Crippen molar-refractivity contribution in [3.63, 3.8) is 0 Å². The normalized spacial score (nSPS) is 10.6. The number of hydrogen-bond acceptors (Lipinski definition) is 3. The lowest BCUT2D eigenvalue weighted by Crippen LogP contribution is -1.97. The second kappa shape index (κ2) is 5.41. The Labute approximate surface area is 107 Å². The molecule has 2 aromatic rings. The van der Waals surface area contributed by atoms with Gasteiger partial charge in [-0.2, -0.15) is 0 Å². The van der Waals surface area contributed by atoms with Crippen molar-refractivity contribution in [3.8, 4) is 0 Å². The van der Waals surface area contributed by atoms with Gasteiger partial charge in [-0.25, -0.2) is 4.98 Å². The van der Waals surface area contributed by atoms with E-state index in [0.717, 1.165) is 27.4 Å². The number of benzene rings is 1. The van der Waals surface area contributed by atoms with Gasteiger partial charge in [-0.15, -0.1) is 11.8 Å². The van der Waals surface area contributed by atoms with E-state index in [-0.39, 0.29) is 0 Å². The van der Waals surface area contributed by atoms with Gasteiger partial charge in [-0.1, -0.05) is 15.9 Å². The van der Waals surface area contributed by atoms with E-state index < -0.39 is 0 Å². The first-order valence-corrected chi connectivity index (χ1v) is 6.67. The maximum absolute atomic E-state index is 5.91. The highest BCUT2D eigenvalue weighted by Crippen LogP contribution is 2.27. The summed E-state index contributed by atoms with van der Waals surface area (Å²) < 4.78 is 3.08. The Morgan fingerprint density at radius 2 is 2.31 bits per heavy atom. The van der Waals surface area contributed by atoms with Crippen molar-refractivity contribution in [1.82, 2.24) is 9.55 Å². The summed E-state index contributed by atoms with van der Waals surface area (Å²) in [5.41, 5.74) is 6.73. The van der Waals surface area contributed by atoms with E-state index in [4.69, 9.17) is 5.73 Å². The number of hydrogen-bond donors (Lipinski definition) is 1. The molecule has 0 aliphatic rings. The van der Waals surface area contributed by atoms with Gasteiger partial charge >= 0.3 is 0 Å². The third-order valence-electron chi connectivity index (χ3n) is 2.14. The summed E-state index contributed by atoms with van der Waals surface area (Å²) in [5, 5.41) is 0. The molecule has 0 amide bonds. The van der Waals surface area contributed by atoms with Crippen LogP contribution in [0.25, 0.3) is 0 Å². The number of anilines is 1. The molecule has 5 heteroatoms. The molecule has 0 atom stereocenters. The quantitative estimate of drug-likeness (QED) is 0.697. The van der Waals surface area contributed by atoms with Crippen molar-refractivity contribution in [2.45, 2.75) is 11.4 Å². The van der Waals surface area contributed by atoms with Crippen molar-refractivity contribution in [2.24, 2.45) is 0 Å². The van der Waals surface area contributed by atoms with Crippen LogP contribution >= 0.6 is 27.7 Å². The number of imidazole rings is 1. The Bertz CT molecular complexity index is 456. The number of thioether (sulfide) groups is 1. The number of halogens is 1. The van der Waals surface area contributed by atoms with Crippen LogP contribution in [0.2, 0.25) is 0 Å². The molecular weight excluding hydrogens is 286 g/mol. The molecular formula is C11H12BrN3S. The Morgan fingerprint density at radius 3 is 3.00 bits per heavy atom. The molecule has 0 aliphatic carbocycles. The predicted molar refractivity (Wildman–Crippen MR) is 71.5 cm³/mol. The molecule has 0 bridgehead atoms. The van der Waals surface area contributed by atoms with E-state index in [1.54, 1.807) is 18.0 Å². The zero-order chi connectivity index (χ0) is 11.4. The fourth-order valence-corrected chi connectivity index (χ4v) is 2.62. The minimum atomic E-state index is 0.824. The number of nitrogen functional groups attached to an aromatic ring is 1. The van der Waals surface area contributed by atoms with E-state index in [0.29, 0.717) is 0 Å². The van der Waals surface area contributed by atoms with E-state index in [2.05, 4.69) is 25.5 Å². The maximum Gasteiger partial charge on any atom is 0.0946 e. The standard InChI is InChI=1S/C11H12BrN3S/c12-9-1-2-11(10(13)7-9)16-6-5-15-4-3-14-8-15/h1-4,7-8H,5-6,13H2. The lowest BCUT2D eigenvalue weighted by atomic mass is 10.3. The van der Waals surface area contributed by atoms with Gasteiger partial charge in [-0.3, -0.25) is 0 Å². The van der Waals surface area contributed by atoms with Crippen molar-refractivity contribution >= 4 is 33.4 Å². The number of aromatic nitrogens is 2. The highest BCUT2D eigenvalue weighted by Gasteiger charge is 2.00. The zero-order valence-corrected chi connectivity index (χ0v) is 11.0. The van der Waals surface area contributed by atoms with Gasteiger partial charge in [0.15, 0.2) is 0 Å². The van der Waals surface area contributed by atoms with Gasteiger partial charge in [-0.05, 0) is 18.2 Å². The molecule has 2 N–H and O–H groups in total. The minimum absolute atomic E-state index is 0.824. The summed E-state index contributed by atoms with van der Waals surface area (Å²) >= 11 is 5.15. The molecule has 84 valence electrons. The van der Waals surface area contributed by atoms with Crippen LogP contribution in [0.1, 0.15) is 0 Å². The molecule has 0 aliphatic heterocycles. The van der Waals surface area contributed by atoms with Crippen LogP contribution in [0, 0.1) is 0 Å². The van der Waals surface area contributed by atoms with Crippen LogP contribution in [0.15, 0.2) is 46.3 Å². The Kier molecular flexibility index (Phi) is 3.90.